The summed E-state index contributed by atoms with van der Waals surface area (Å²) in [6, 6.07) is 10.5. The lowest BCUT2D eigenvalue weighted by atomic mass is 9.88. The van der Waals surface area contributed by atoms with E-state index in [1.165, 1.54) is 5.56 Å². The normalized spacial score (nSPS) is 16.3. The summed E-state index contributed by atoms with van der Waals surface area (Å²) in [5.41, 5.74) is 4.99. The van der Waals surface area contributed by atoms with E-state index in [0.717, 1.165) is 46.4 Å². The van der Waals surface area contributed by atoms with Crippen LogP contribution in [0.5, 0.6) is 0 Å². The van der Waals surface area contributed by atoms with Gasteiger partial charge in [-0.15, -0.1) is 0 Å². The minimum atomic E-state index is -0.288. The fourth-order valence-electron chi connectivity index (χ4n) is 3.36. The Morgan fingerprint density at radius 1 is 1.31 bits per heavy atom. The van der Waals surface area contributed by atoms with Crippen molar-refractivity contribution in [1.29, 1.82) is 0 Å². The fraction of sp³-hybridized carbons (Fsp3) is 0.300. The van der Waals surface area contributed by atoms with Crippen molar-refractivity contribution in [2.24, 2.45) is 0 Å². The first-order chi connectivity index (χ1) is 12.6. The molecule has 5 nitrogen and oxygen atoms in total. The third kappa shape index (κ3) is 3.39. The lowest BCUT2D eigenvalue weighted by molar-refractivity contribution is 0.159. The molecule has 2 heterocycles. The number of halogens is 1. The monoisotopic (exact) mass is 413 g/mol. The number of nitrogens with one attached hydrogen (secondary N) is 1. The fourth-order valence-corrected chi connectivity index (χ4v) is 3.59. The van der Waals surface area contributed by atoms with Gasteiger partial charge in [-0.05, 0) is 64.5 Å². The van der Waals surface area contributed by atoms with Crippen LogP contribution in [-0.4, -0.2) is 21.2 Å². The maximum Gasteiger partial charge on any atom is 0.300 e. The number of fused-ring (bicyclic) bond motifs is 1. The molecule has 0 fully saturated rings. The van der Waals surface area contributed by atoms with Crippen molar-refractivity contribution in [2.75, 3.05) is 5.32 Å². The van der Waals surface area contributed by atoms with Crippen LogP contribution in [0.15, 0.2) is 45.4 Å². The van der Waals surface area contributed by atoms with Crippen molar-refractivity contribution in [2.45, 2.75) is 38.7 Å². The van der Waals surface area contributed by atoms with Gasteiger partial charge in [-0.1, -0.05) is 19.1 Å². The minimum Gasteiger partial charge on any atom is -0.421 e. The van der Waals surface area contributed by atoms with Gasteiger partial charge in [0.2, 0.25) is 0 Å². The highest BCUT2D eigenvalue weighted by Gasteiger charge is 2.21. The first-order valence-corrected chi connectivity index (χ1v) is 9.61. The van der Waals surface area contributed by atoms with Gasteiger partial charge in [-0.25, -0.2) is 0 Å². The highest BCUT2D eigenvalue weighted by molar-refractivity contribution is 9.10. The summed E-state index contributed by atoms with van der Waals surface area (Å²) in [7, 11) is 0. The van der Waals surface area contributed by atoms with Crippen LogP contribution in [0, 0.1) is 0 Å². The maximum atomic E-state index is 10.0. The summed E-state index contributed by atoms with van der Waals surface area (Å²) >= 11 is 3.40. The minimum absolute atomic E-state index is 0.288. The third-order valence-corrected chi connectivity index (χ3v) is 5.16. The van der Waals surface area contributed by atoms with Gasteiger partial charge in [0.1, 0.15) is 5.69 Å². The van der Waals surface area contributed by atoms with Crippen LogP contribution in [0.2, 0.25) is 0 Å². The number of aryl methyl sites for hydroxylation is 2. The van der Waals surface area contributed by atoms with Gasteiger partial charge in [0, 0.05) is 22.8 Å². The van der Waals surface area contributed by atoms with E-state index in [-0.39, 0.29) is 6.10 Å². The van der Waals surface area contributed by atoms with Crippen molar-refractivity contribution in [3.05, 3.63) is 57.8 Å². The second-order valence-electron chi connectivity index (χ2n) is 6.47. The van der Waals surface area contributed by atoms with Crippen molar-refractivity contribution < 1.29 is 9.52 Å². The largest absolute Gasteiger partial charge is 0.421 e. The number of aliphatic hydroxyl groups excluding tert-OH is 1. The van der Waals surface area contributed by atoms with Gasteiger partial charge in [-0.2, -0.15) is 4.98 Å². The molecular weight excluding hydrogens is 394 g/mol. The van der Waals surface area contributed by atoms with E-state index in [2.05, 4.69) is 37.3 Å². The van der Waals surface area contributed by atoms with Gasteiger partial charge in [-0.3, -0.25) is 4.98 Å². The molecule has 1 unspecified atom stereocenters. The van der Waals surface area contributed by atoms with Crippen LogP contribution in [0.1, 0.15) is 30.2 Å². The molecule has 26 heavy (non-hydrogen) atoms. The molecule has 6 heteroatoms. The Morgan fingerprint density at radius 2 is 2.19 bits per heavy atom. The topological polar surface area (TPSA) is 71.2 Å². The van der Waals surface area contributed by atoms with Crippen molar-refractivity contribution in [1.82, 2.24) is 9.97 Å². The molecule has 0 saturated carbocycles. The second kappa shape index (κ2) is 7.21. The van der Waals surface area contributed by atoms with Gasteiger partial charge >= 0.3 is 0 Å². The zero-order chi connectivity index (χ0) is 18.1. The predicted molar refractivity (Wildman–Crippen MR) is 105 cm³/mol. The summed E-state index contributed by atoms with van der Waals surface area (Å²) in [6.45, 7) is 2.05. The molecule has 134 valence electrons. The smallest absolute Gasteiger partial charge is 0.300 e. The molecule has 0 amide bonds. The van der Waals surface area contributed by atoms with Crippen LogP contribution in [-0.2, 0) is 19.3 Å². The number of nitrogens with zero attached hydrogens (tertiary/aromatic N) is 2. The Hall–Kier alpha value is -2.18. The average Bonchev–Trinajstić information content (AvgIpc) is 3.06. The van der Waals surface area contributed by atoms with E-state index in [0.29, 0.717) is 18.2 Å². The molecule has 4 rings (SSSR count). The molecule has 3 aromatic rings. The van der Waals surface area contributed by atoms with Crippen molar-refractivity contribution >= 4 is 27.6 Å². The van der Waals surface area contributed by atoms with Gasteiger partial charge in [0.25, 0.3) is 6.01 Å². The molecule has 2 aromatic heterocycles. The molecule has 1 aliphatic carbocycles. The summed E-state index contributed by atoms with van der Waals surface area (Å²) in [5.74, 6) is 0.687. The molecule has 0 saturated heterocycles. The van der Waals surface area contributed by atoms with Gasteiger partial charge in [0.05, 0.1) is 11.8 Å². The van der Waals surface area contributed by atoms with E-state index < -0.39 is 0 Å². The highest BCUT2D eigenvalue weighted by atomic mass is 79.9. The number of pyridine rings is 1. The summed E-state index contributed by atoms with van der Waals surface area (Å²) in [5, 5.41) is 13.3. The molecule has 0 spiro atoms. The number of aromatic nitrogens is 2. The molecule has 2 N–H and O–H groups in total. The Balaban J connectivity index is 1.67. The number of hydrogen-bond donors (Lipinski definition) is 2. The molecule has 1 aliphatic rings. The number of hydrogen-bond acceptors (Lipinski definition) is 5. The van der Waals surface area contributed by atoms with E-state index in [1.54, 1.807) is 6.20 Å². The van der Waals surface area contributed by atoms with E-state index >= 15 is 0 Å². The lowest BCUT2D eigenvalue weighted by Crippen LogP contribution is -2.19. The van der Waals surface area contributed by atoms with E-state index in [1.807, 2.05) is 31.2 Å². The lowest BCUT2D eigenvalue weighted by Gasteiger charge is -2.23. The average molecular weight is 414 g/mol. The number of rotatable bonds is 4. The Kier molecular flexibility index (Phi) is 4.78. The summed E-state index contributed by atoms with van der Waals surface area (Å²) < 4.78 is 6.91. The Morgan fingerprint density at radius 3 is 2.96 bits per heavy atom. The van der Waals surface area contributed by atoms with E-state index in [4.69, 9.17) is 4.42 Å². The number of oxazole rings is 1. The quantitative estimate of drug-likeness (QED) is 0.650. The molecule has 1 atom stereocenters. The van der Waals surface area contributed by atoms with Gasteiger partial charge < -0.3 is 14.8 Å². The summed E-state index contributed by atoms with van der Waals surface area (Å²) in [6.07, 6.45) is 4.58. The Bertz CT molecular complexity index is 921. The molecular formula is C20H20BrN3O2. The number of aliphatic hydroxyl groups is 1. The van der Waals surface area contributed by atoms with Crippen molar-refractivity contribution in [3.63, 3.8) is 0 Å². The SMILES string of the molecule is CCc1nc(Nc2cccc3c2CC(O)CC3)oc1-c1ccc(Br)cn1. The first-order valence-electron chi connectivity index (χ1n) is 8.81. The third-order valence-electron chi connectivity index (χ3n) is 4.69. The zero-order valence-electron chi connectivity index (χ0n) is 14.5. The molecule has 0 aliphatic heterocycles. The van der Waals surface area contributed by atoms with Crippen LogP contribution < -0.4 is 5.32 Å². The van der Waals surface area contributed by atoms with Crippen LogP contribution in [0.4, 0.5) is 11.7 Å². The highest BCUT2D eigenvalue weighted by Crippen LogP contribution is 2.32. The molecule has 1 aromatic carbocycles. The Labute approximate surface area is 160 Å². The number of benzene rings is 1. The van der Waals surface area contributed by atoms with Crippen LogP contribution in [0.3, 0.4) is 0 Å². The predicted octanol–water partition coefficient (Wildman–Crippen LogP) is 4.65. The molecule has 0 radical (unpaired) electrons. The summed E-state index contributed by atoms with van der Waals surface area (Å²) in [4.78, 5) is 9.01. The number of anilines is 2. The van der Waals surface area contributed by atoms with Crippen LogP contribution in [0.25, 0.3) is 11.5 Å². The maximum absolute atomic E-state index is 10.0. The molecule has 0 bridgehead atoms. The first kappa shape index (κ1) is 17.2. The van der Waals surface area contributed by atoms with Gasteiger partial charge in [0.15, 0.2) is 5.76 Å². The van der Waals surface area contributed by atoms with E-state index in [9.17, 15) is 5.11 Å². The van der Waals surface area contributed by atoms with Crippen LogP contribution >= 0.6 is 15.9 Å². The standard InChI is InChI=1S/C20H20BrN3O2/c1-2-16-19(18-9-7-13(21)11-22-18)26-20(23-16)24-17-5-3-4-12-6-8-14(25)10-15(12)17/h3-5,7,9,11,14,25H,2,6,8,10H2,1H3,(H,23,24). The zero-order valence-corrected chi connectivity index (χ0v) is 16.1. The van der Waals surface area contributed by atoms with Crippen molar-refractivity contribution in [3.8, 4) is 11.5 Å². The second-order valence-corrected chi connectivity index (χ2v) is 7.39.